The molecule has 2 N–H and O–H groups in total. The molecular formula is C9H10O5S. The molecule has 0 unspecified atom stereocenters. The molecule has 0 aliphatic heterocycles. The van der Waals surface area contributed by atoms with Crippen LogP contribution in [0.1, 0.15) is 6.42 Å². The van der Waals surface area contributed by atoms with Gasteiger partial charge in [0.1, 0.15) is 5.75 Å². The number of phenols is 1. The Kier molecular flexibility index (Phi) is 3.31. The van der Waals surface area contributed by atoms with Crippen molar-refractivity contribution < 1.29 is 23.4 Å². The molecule has 1 aromatic rings. The number of aliphatic carboxylic acids is 1. The maximum atomic E-state index is 11.5. The molecule has 5 nitrogen and oxygen atoms in total. The zero-order valence-corrected chi connectivity index (χ0v) is 8.57. The summed E-state index contributed by atoms with van der Waals surface area (Å²) in [5.41, 5.74) is 0. The molecule has 0 radical (unpaired) electrons. The highest BCUT2D eigenvalue weighted by Crippen LogP contribution is 2.17. The van der Waals surface area contributed by atoms with Crippen LogP contribution < -0.4 is 0 Å². The highest BCUT2D eigenvalue weighted by molar-refractivity contribution is 7.91. The lowest BCUT2D eigenvalue weighted by molar-refractivity contribution is -0.136. The number of carbonyl (C=O) groups is 1. The van der Waals surface area contributed by atoms with Gasteiger partial charge in [0.25, 0.3) is 0 Å². The van der Waals surface area contributed by atoms with Gasteiger partial charge < -0.3 is 10.2 Å². The first-order chi connectivity index (χ1) is 6.92. The zero-order chi connectivity index (χ0) is 11.5. The van der Waals surface area contributed by atoms with Gasteiger partial charge in [-0.15, -0.1) is 0 Å². The summed E-state index contributed by atoms with van der Waals surface area (Å²) in [5.74, 6) is -1.80. The van der Waals surface area contributed by atoms with E-state index in [-0.39, 0.29) is 10.6 Å². The van der Waals surface area contributed by atoms with Gasteiger partial charge in [0, 0.05) is 0 Å². The van der Waals surface area contributed by atoms with Crippen LogP contribution in [-0.2, 0) is 14.6 Å². The molecule has 0 aliphatic carbocycles. The summed E-state index contributed by atoms with van der Waals surface area (Å²) in [5, 5.41) is 17.4. The highest BCUT2D eigenvalue weighted by atomic mass is 32.2. The van der Waals surface area contributed by atoms with Crippen LogP contribution in [0.25, 0.3) is 0 Å². The number of carboxylic acid groups (broad SMARTS) is 1. The van der Waals surface area contributed by atoms with E-state index >= 15 is 0 Å². The number of benzene rings is 1. The van der Waals surface area contributed by atoms with Crippen molar-refractivity contribution >= 4 is 15.8 Å². The first-order valence-corrected chi connectivity index (χ1v) is 5.80. The van der Waals surface area contributed by atoms with Crippen LogP contribution in [0, 0.1) is 0 Å². The molecule has 0 bridgehead atoms. The van der Waals surface area contributed by atoms with Gasteiger partial charge in [-0.3, -0.25) is 4.79 Å². The molecule has 82 valence electrons. The van der Waals surface area contributed by atoms with Crippen molar-refractivity contribution in [3.8, 4) is 5.75 Å². The summed E-state index contributed by atoms with van der Waals surface area (Å²) in [4.78, 5) is 10.2. The number of carboxylic acids is 1. The van der Waals surface area contributed by atoms with Crippen molar-refractivity contribution in [3.05, 3.63) is 24.3 Å². The van der Waals surface area contributed by atoms with Gasteiger partial charge in [-0.1, -0.05) is 6.07 Å². The molecule has 0 heterocycles. The Bertz CT molecular complexity index is 463. The predicted molar refractivity (Wildman–Crippen MR) is 52.4 cm³/mol. The lowest BCUT2D eigenvalue weighted by Crippen LogP contribution is -2.10. The van der Waals surface area contributed by atoms with Crippen molar-refractivity contribution in [2.24, 2.45) is 0 Å². The fourth-order valence-electron chi connectivity index (χ4n) is 1.02. The van der Waals surface area contributed by atoms with Crippen molar-refractivity contribution in [2.75, 3.05) is 5.75 Å². The molecule has 0 saturated heterocycles. The summed E-state index contributed by atoms with van der Waals surface area (Å²) < 4.78 is 23.0. The molecule has 0 spiro atoms. The molecule has 0 atom stereocenters. The number of rotatable bonds is 4. The second-order valence-corrected chi connectivity index (χ2v) is 5.07. The smallest absolute Gasteiger partial charge is 0.304 e. The van der Waals surface area contributed by atoms with Crippen LogP contribution in [0.3, 0.4) is 0 Å². The lowest BCUT2D eigenvalue weighted by Gasteiger charge is -2.02. The average molecular weight is 230 g/mol. The van der Waals surface area contributed by atoms with Crippen molar-refractivity contribution in [1.29, 1.82) is 0 Å². The van der Waals surface area contributed by atoms with Crippen molar-refractivity contribution in [1.82, 2.24) is 0 Å². The maximum absolute atomic E-state index is 11.5. The second-order valence-electron chi connectivity index (χ2n) is 2.96. The van der Waals surface area contributed by atoms with Crippen molar-refractivity contribution in [2.45, 2.75) is 11.3 Å². The third-order valence-corrected chi connectivity index (χ3v) is 3.48. The van der Waals surface area contributed by atoms with E-state index in [1.165, 1.54) is 18.2 Å². The van der Waals surface area contributed by atoms with E-state index < -0.39 is 28.0 Å². The van der Waals surface area contributed by atoms with E-state index in [2.05, 4.69) is 0 Å². The quantitative estimate of drug-likeness (QED) is 0.792. The van der Waals surface area contributed by atoms with Crippen LogP contribution in [0.2, 0.25) is 0 Å². The van der Waals surface area contributed by atoms with Gasteiger partial charge >= 0.3 is 5.97 Å². The summed E-state index contributed by atoms with van der Waals surface area (Å²) in [6.45, 7) is 0. The minimum atomic E-state index is -3.62. The number of aromatic hydroxyl groups is 1. The lowest BCUT2D eigenvalue weighted by atomic mass is 10.3. The highest BCUT2D eigenvalue weighted by Gasteiger charge is 2.16. The SMILES string of the molecule is O=C(O)CCS(=O)(=O)c1cccc(O)c1. The Morgan fingerprint density at radius 1 is 1.33 bits per heavy atom. The first-order valence-electron chi connectivity index (χ1n) is 4.15. The van der Waals surface area contributed by atoms with Crippen LogP contribution >= 0.6 is 0 Å². The molecule has 1 rings (SSSR count). The third kappa shape index (κ3) is 3.25. The Balaban J connectivity index is 2.91. The summed E-state index contributed by atoms with van der Waals surface area (Å²) >= 11 is 0. The normalized spacial score (nSPS) is 11.2. The fourth-order valence-corrected chi connectivity index (χ4v) is 2.28. The molecule has 0 amide bonds. The molecule has 0 aliphatic rings. The summed E-state index contributed by atoms with van der Waals surface area (Å²) in [6, 6.07) is 5.15. The van der Waals surface area contributed by atoms with Crippen LogP contribution in [0.5, 0.6) is 5.75 Å². The molecule has 15 heavy (non-hydrogen) atoms. The largest absolute Gasteiger partial charge is 0.508 e. The maximum Gasteiger partial charge on any atom is 0.304 e. The van der Waals surface area contributed by atoms with E-state index in [1.54, 1.807) is 0 Å². The summed E-state index contributed by atoms with van der Waals surface area (Å²) in [7, 11) is -3.62. The topological polar surface area (TPSA) is 91.7 Å². The third-order valence-electron chi connectivity index (χ3n) is 1.76. The molecule has 0 aromatic heterocycles. The van der Waals surface area contributed by atoms with Crippen molar-refractivity contribution in [3.63, 3.8) is 0 Å². The van der Waals surface area contributed by atoms with Gasteiger partial charge in [-0.25, -0.2) is 8.42 Å². The van der Waals surface area contributed by atoms with Crippen LogP contribution in [0.4, 0.5) is 0 Å². The number of phenolic OH excluding ortho intramolecular Hbond substituents is 1. The molecule has 6 heteroatoms. The Labute approximate surface area is 86.9 Å². The fraction of sp³-hybridized carbons (Fsp3) is 0.222. The number of hydrogen-bond acceptors (Lipinski definition) is 4. The van der Waals surface area contributed by atoms with E-state index in [4.69, 9.17) is 10.2 Å². The van der Waals surface area contributed by atoms with E-state index in [9.17, 15) is 13.2 Å². The van der Waals surface area contributed by atoms with Gasteiger partial charge in [0.05, 0.1) is 17.1 Å². The minimum Gasteiger partial charge on any atom is -0.508 e. The van der Waals surface area contributed by atoms with Gasteiger partial charge in [0.2, 0.25) is 0 Å². The molecule has 1 aromatic carbocycles. The molecule has 0 fully saturated rings. The monoisotopic (exact) mass is 230 g/mol. The Morgan fingerprint density at radius 2 is 2.00 bits per heavy atom. The summed E-state index contributed by atoms with van der Waals surface area (Å²) in [6.07, 6.45) is -0.446. The Hall–Kier alpha value is -1.56. The predicted octanol–water partition coefficient (Wildman–Crippen LogP) is 0.641. The minimum absolute atomic E-state index is 0.0660. The van der Waals surface area contributed by atoms with Crippen LogP contribution in [0.15, 0.2) is 29.2 Å². The van der Waals surface area contributed by atoms with Gasteiger partial charge in [0.15, 0.2) is 9.84 Å². The zero-order valence-electron chi connectivity index (χ0n) is 7.75. The van der Waals surface area contributed by atoms with E-state index in [0.29, 0.717) is 0 Å². The van der Waals surface area contributed by atoms with E-state index in [1.807, 2.05) is 0 Å². The number of hydrogen-bond donors (Lipinski definition) is 2. The average Bonchev–Trinajstić information content (AvgIpc) is 2.15. The van der Waals surface area contributed by atoms with Crippen LogP contribution in [-0.4, -0.2) is 30.4 Å². The number of sulfone groups is 1. The van der Waals surface area contributed by atoms with E-state index in [0.717, 1.165) is 6.07 Å². The van der Waals surface area contributed by atoms with Gasteiger partial charge in [-0.05, 0) is 18.2 Å². The molecule has 0 saturated carbocycles. The second kappa shape index (κ2) is 4.31. The first kappa shape index (κ1) is 11.5. The van der Waals surface area contributed by atoms with Gasteiger partial charge in [-0.2, -0.15) is 0 Å². The standard InChI is InChI=1S/C9H10O5S/c10-7-2-1-3-8(6-7)15(13,14)5-4-9(11)12/h1-3,6,10H,4-5H2,(H,11,12). The molecular weight excluding hydrogens is 220 g/mol. The Morgan fingerprint density at radius 3 is 2.53 bits per heavy atom.